The summed E-state index contributed by atoms with van der Waals surface area (Å²) in [6.45, 7) is 7.12. The van der Waals surface area contributed by atoms with Crippen molar-refractivity contribution in [3.63, 3.8) is 0 Å². The van der Waals surface area contributed by atoms with Crippen molar-refractivity contribution in [3.05, 3.63) is 11.7 Å². The maximum atomic E-state index is 11.3. The summed E-state index contributed by atoms with van der Waals surface area (Å²) < 4.78 is 9.75. The first-order valence-corrected chi connectivity index (χ1v) is 5.80. The highest BCUT2D eigenvalue weighted by atomic mass is 16.5. The molecule has 1 heterocycles. The summed E-state index contributed by atoms with van der Waals surface area (Å²) in [5.41, 5.74) is 0. The largest absolute Gasteiger partial charge is 0.466 e. The number of hydrogen-bond acceptors (Lipinski definition) is 6. The molecular weight excluding hydrogens is 222 g/mol. The smallest absolute Gasteiger partial charge is 0.309 e. The fourth-order valence-electron chi connectivity index (χ4n) is 1.33. The summed E-state index contributed by atoms with van der Waals surface area (Å²) in [6.07, 6.45) is 0.687. The van der Waals surface area contributed by atoms with Crippen LogP contribution in [0.15, 0.2) is 4.52 Å². The molecule has 0 aliphatic carbocycles. The molecule has 17 heavy (non-hydrogen) atoms. The van der Waals surface area contributed by atoms with Crippen LogP contribution in [0.1, 0.15) is 25.6 Å². The van der Waals surface area contributed by atoms with Crippen LogP contribution >= 0.6 is 0 Å². The summed E-state index contributed by atoms with van der Waals surface area (Å²) in [4.78, 5) is 15.4. The third kappa shape index (κ3) is 4.95. The van der Waals surface area contributed by atoms with Crippen molar-refractivity contribution in [3.8, 4) is 0 Å². The van der Waals surface area contributed by atoms with Gasteiger partial charge in [-0.05, 0) is 6.92 Å². The van der Waals surface area contributed by atoms with Crippen LogP contribution in [0.5, 0.6) is 0 Å². The topological polar surface area (TPSA) is 77.2 Å². The molecule has 1 aromatic heterocycles. The lowest BCUT2D eigenvalue weighted by Gasteiger charge is -2.10. The number of ether oxygens (including phenoxy) is 1. The summed E-state index contributed by atoms with van der Waals surface area (Å²) >= 11 is 0. The van der Waals surface area contributed by atoms with Crippen molar-refractivity contribution in [2.75, 3.05) is 19.7 Å². The van der Waals surface area contributed by atoms with Gasteiger partial charge in [0, 0.05) is 26.4 Å². The number of esters is 1. The molecule has 1 rings (SSSR count). The van der Waals surface area contributed by atoms with Crippen LogP contribution in [0.25, 0.3) is 0 Å². The Hall–Kier alpha value is -1.43. The van der Waals surface area contributed by atoms with E-state index in [0.717, 1.165) is 0 Å². The number of aryl methyl sites for hydroxylation is 1. The Balaban J connectivity index is 2.13. The lowest BCUT2D eigenvalue weighted by molar-refractivity contribution is -0.147. The van der Waals surface area contributed by atoms with Crippen LogP contribution in [0, 0.1) is 12.8 Å². The first-order valence-electron chi connectivity index (χ1n) is 5.80. The van der Waals surface area contributed by atoms with E-state index in [1.165, 1.54) is 0 Å². The van der Waals surface area contributed by atoms with Gasteiger partial charge >= 0.3 is 5.97 Å². The fourth-order valence-corrected chi connectivity index (χ4v) is 1.33. The molecule has 1 aromatic rings. The van der Waals surface area contributed by atoms with Gasteiger partial charge in [0.1, 0.15) is 0 Å². The second kappa shape index (κ2) is 7.01. The van der Waals surface area contributed by atoms with E-state index in [-0.39, 0.29) is 11.9 Å². The van der Waals surface area contributed by atoms with Crippen molar-refractivity contribution >= 4 is 5.97 Å². The molecular formula is C11H19N3O3. The van der Waals surface area contributed by atoms with Gasteiger partial charge in [0.15, 0.2) is 5.82 Å². The van der Waals surface area contributed by atoms with Crippen molar-refractivity contribution in [2.45, 2.75) is 27.2 Å². The van der Waals surface area contributed by atoms with E-state index in [9.17, 15) is 4.79 Å². The fraction of sp³-hybridized carbons (Fsp3) is 0.727. The first kappa shape index (κ1) is 13.6. The Labute approximate surface area is 101 Å². The Bertz CT molecular complexity index is 351. The summed E-state index contributed by atoms with van der Waals surface area (Å²) in [5.74, 6) is 0.941. The molecule has 0 amide bonds. The number of hydrogen-bond donors (Lipinski definition) is 1. The van der Waals surface area contributed by atoms with E-state index >= 15 is 0 Å². The lowest BCUT2D eigenvalue weighted by atomic mass is 10.2. The maximum Gasteiger partial charge on any atom is 0.309 e. The standard InChI is InChI=1S/C11H19N3O3/c1-4-16-11(15)8(2)7-12-6-5-10-13-9(3)17-14-10/h8,12H,4-7H2,1-3H3. The zero-order valence-corrected chi connectivity index (χ0v) is 10.5. The van der Waals surface area contributed by atoms with E-state index in [1.807, 2.05) is 6.92 Å². The predicted molar refractivity (Wildman–Crippen MR) is 61.4 cm³/mol. The Kier molecular flexibility index (Phi) is 5.62. The molecule has 1 unspecified atom stereocenters. The van der Waals surface area contributed by atoms with Gasteiger partial charge in [-0.15, -0.1) is 0 Å². The average Bonchev–Trinajstić information content (AvgIpc) is 2.70. The van der Waals surface area contributed by atoms with E-state index in [1.54, 1.807) is 13.8 Å². The molecule has 1 atom stereocenters. The molecule has 6 heteroatoms. The monoisotopic (exact) mass is 241 g/mol. The number of rotatable bonds is 7. The SMILES string of the molecule is CCOC(=O)C(C)CNCCc1noc(C)n1. The predicted octanol–water partition coefficient (Wildman–Crippen LogP) is 0.709. The van der Waals surface area contributed by atoms with Crippen molar-refractivity contribution in [1.29, 1.82) is 0 Å². The van der Waals surface area contributed by atoms with E-state index < -0.39 is 0 Å². The highest BCUT2D eigenvalue weighted by Gasteiger charge is 2.13. The van der Waals surface area contributed by atoms with Gasteiger partial charge < -0.3 is 14.6 Å². The van der Waals surface area contributed by atoms with Gasteiger partial charge in [-0.1, -0.05) is 12.1 Å². The lowest BCUT2D eigenvalue weighted by Crippen LogP contribution is -2.29. The highest BCUT2D eigenvalue weighted by molar-refractivity contribution is 5.72. The molecule has 0 aliphatic rings. The van der Waals surface area contributed by atoms with Crippen LogP contribution in [-0.2, 0) is 16.0 Å². The zero-order valence-electron chi connectivity index (χ0n) is 10.5. The maximum absolute atomic E-state index is 11.3. The quantitative estimate of drug-likeness (QED) is 0.559. The van der Waals surface area contributed by atoms with Gasteiger partial charge in [-0.25, -0.2) is 0 Å². The number of carbonyl (C=O) groups excluding carboxylic acids is 1. The molecule has 0 aromatic carbocycles. The van der Waals surface area contributed by atoms with Gasteiger partial charge in [0.2, 0.25) is 5.89 Å². The van der Waals surface area contributed by atoms with Crippen molar-refractivity contribution < 1.29 is 14.1 Å². The second-order valence-electron chi connectivity index (χ2n) is 3.84. The minimum Gasteiger partial charge on any atom is -0.466 e. The van der Waals surface area contributed by atoms with Crippen LogP contribution in [-0.4, -0.2) is 35.8 Å². The molecule has 0 bridgehead atoms. The normalized spacial score (nSPS) is 12.4. The number of nitrogens with zero attached hydrogens (tertiary/aromatic N) is 2. The van der Waals surface area contributed by atoms with E-state index in [0.29, 0.717) is 37.8 Å². The number of nitrogens with one attached hydrogen (secondary N) is 1. The number of carbonyl (C=O) groups is 1. The van der Waals surface area contributed by atoms with Crippen molar-refractivity contribution in [2.24, 2.45) is 5.92 Å². The minimum atomic E-state index is -0.171. The van der Waals surface area contributed by atoms with Gasteiger partial charge in [-0.3, -0.25) is 4.79 Å². The van der Waals surface area contributed by atoms with Crippen LogP contribution < -0.4 is 5.32 Å². The summed E-state index contributed by atoms with van der Waals surface area (Å²) in [5, 5.41) is 6.94. The third-order valence-electron chi connectivity index (χ3n) is 2.23. The minimum absolute atomic E-state index is 0.137. The van der Waals surface area contributed by atoms with Crippen molar-refractivity contribution in [1.82, 2.24) is 15.5 Å². The van der Waals surface area contributed by atoms with Gasteiger partial charge in [-0.2, -0.15) is 4.98 Å². The van der Waals surface area contributed by atoms with Gasteiger partial charge in [0.25, 0.3) is 0 Å². The average molecular weight is 241 g/mol. The molecule has 96 valence electrons. The van der Waals surface area contributed by atoms with Gasteiger partial charge in [0.05, 0.1) is 12.5 Å². The molecule has 0 aliphatic heterocycles. The molecule has 0 saturated heterocycles. The zero-order chi connectivity index (χ0) is 12.7. The molecule has 0 spiro atoms. The first-order chi connectivity index (χ1) is 8.13. The Morgan fingerprint density at radius 2 is 2.35 bits per heavy atom. The molecule has 0 saturated carbocycles. The molecule has 1 N–H and O–H groups in total. The van der Waals surface area contributed by atoms with Crippen LogP contribution in [0.3, 0.4) is 0 Å². The highest BCUT2D eigenvalue weighted by Crippen LogP contribution is 1.98. The van der Waals surface area contributed by atoms with Crippen LogP contribution in [0.2, 0.25) is 0 Å². The Morgan fingerprint density at radius 3 is 2.94 bits per heavy atom. The summed E-state index contributed by atoms with van der Waals surface area (Å²) in [7, 11) is 0. The Morgan fingerprint density at radius 1 is 1.59 bits per heavy atom. The number of aromatic nitrogens is 2. The van der Waals surface area contributed by atoms with Crippen LogP contribution in [0.4, 0.5) is 0 Å². The second-order valence-corrected chi connectivity index (χ2v) is 3.84. The van der Waals surface area contributed by atoms with E-state index in [4.69, 9.17) is 9.26 Å². The molecule has 0 fully saturated rings. The third-order valence-corrected chi connectivity index (χ3v) is 2.23. The molecule has 0 radical (unpaired) electrons. The molecule has 6 nitrogen and oxygen atoms in total. The summed E-state index contributed by atoms with van der Waals surface area (Å²) in [6, 6.07) is 0. The van der Waals surface area contributed by atoms with E-state index in [2.05, 4.69) is 15.5 Å².